The lowest BCUT2D eigenvalue weighted by Crippen LogP contribution is -2.23. The molecule has 1 heterocycles. The van der Waals surface area contributed by atoms with E-state index in [2.05, 4.69) is 23.1 Å². The van der Waals surface area contributed by atoms with Crippen LogP contribution < -0.4 is 4.72 Å². The van der Waals surface area contributed by atoms with E-state index in [0.29, 0.717) is 17.4 Å². The van der Waals surface area contributed by atoms with Crippen molar-refractivity contribution in [3.8, 4) is 0 Å². The highest BCUT2D eigenvalue weighted by molar-refractivity contribution is 7.89. The summed E-state index contributed by atoms with van der Waals surface area (Å²) in [7, 11) is -1.50. The van der Waals surface area contributed by atoms with Gasteiger partial charge in [-0.2, -0.15) is 0 Å². The van der Waals surface area contributed by atoms with Gasteiger partial charge in [0.15, 0.2) is 0 Å². The molecule has 0 radical (unpaired) electrons. The molecule has 0 fully saturated rings. The quantitative estimate of drug-likeness (QED) is 0.919. The minimum absolute atomic E-state index is 0.307. The smallest absolute Gasteiger partial charge is 0.240 e. The molecule has 0 amide bonds. The Morgan fingerprint density at radius 2 is 1.73 bits per heavy atom. The molecule has 120 valence electrons. The third-order valence-electron chi connectivity index (χ3n) is 4.19. The lowest BCUT2D eigenvalue weighted by molar-refractivity contribution is 0.581. The van der Waals surface area contributed by atoms with E-state index in [4.69, 9.17) is 0 Å². The summed E-state index contributed by atoms with van der Waals surface area (Å²) in [4.78, 5) is 0.308. The lowest BCUT2D eigenvalue weighted by atomic mass is 10.0. The number of benzene rings is 1. The van der Waals surface area contributed by atoms with E-state index >= 15 is 0 Å². The van der Waals surface area contributed by atoms with Gasteiger partial charge in [0.05, 0.1) is 4.90 Å². The molecule has 0 unspecified atom stereocenters. The minimum Gasteiger partial charge on any atom is -0.352 e. The van der Waals surface area contributed by atoms with Crippen molar-refractivity contribution >= 4 is 10.0 Å². The van der Waals surface area contributed by atoms with E-state index in [0.717, 1.165) is 22.5 Å². The van der Waals surface area contributed by atoms with Crippen molar-refractivity contribution in [2.75, 3.05) is 0 Å². The van der Waals surface area contributed by atoms with Crippen LogP contribution in [0.3, 0.4) is 0 Å². The first-order valence-corrected chi connectivity index (χ1v) is 8.92. The molecular weight excluding hydrogens is 296 g/mol. The van der Waals surface area contributed by atoms with Crippen LogP contribution in [0.4, 0.5) is 0 Å². The Bertz CT molecular complexity index is 757. The van der Waals surface area contributed by atoms with Crippen molar-refractivity contribution < 1.29 is 8.42 Å². The Labute approximate surface area is 133 Å². The maximum absolute atomic E-state index is 12.4. The average Bonchev–Trinajstić information content (AvgIpc) is 2.72. The van der Waals surface area contributed by atoms with Crippen molar-refractivity contribution in [2.24, 2.45) is 7.05 Å². The zero-order valence-electron chi connectivity index (χ0n) is 13.8. The molecule has 0 aliphatic rings. The van der Waals surface area contributed by atoms with E-state index in [-0.39, 0.29) is 0 Å². The van der Waals surface area contributed by atoms with Gasteiger partial charge in [-0.15, -0.1) is 0 Å². The minimum atomic E-state index is -3.48. The van der Waals surface area contributed by atoms with Gasteiger partial charge in [0.2, 0.25) is 10.0 Å². The molecule has 2 aromatic rings. The number of nitrogens with one attached hydrogen (secondary N) is 1. The molecule has 5 heteroatoms. The highest BCUT2D eigenvalue weighted by Gasteiger charge is 2.15. The lowest BCUT2D eigenvalue weighted by Gasteiger charge is -2.09. The standard InChI is InChI=1S/C17H24N2O2S/c1-12(2)15-6-8-17(9-7-15)22(20,21)18-11-16-10-13(3)19(5)14(16)4/h6-10,12,18H,11H2,1-5H3. The number of hydrogen-bond acceptors (Lipinski definition) is 2. The van der Waals surface area contributed by atoms with Gasteiger partial charge in [0, 0.05) is 25.0 Å². The van der Waals surface area contributed by atoms with Crippen LogP contribution in [0, 0.1) is 13.8 Å². The summed E-state index contributed by atoms with van der Waals surface area (Å²) >= 11 is 0. The topological polar surface area (TPSA) is 51.1 Å². The molecule has 0 saturated carbocycles. The molecule has 0 saturated heterocycles. The SMILES string of the molecule is Cc1cc(CNS(=O)(=O)c2ccc(C(C)C)cc2)c(C)n1C. The zero-order chi connectivity index (χ0) is 16.5. The molecule has 0 aliphatic heterocycles. The maximum atomic E-state index is 12.4. The van der Waals surface area contributed by atoms with Crippen LogP contribution in [0.2, 0.25) is 0 Å². The van der Waals surface area contributed by atoms with Gasteiger partial charge in [0.1, 0.15) is 0 Å². The van der Waals surface area contributed by atoms with E-state index in [1.54, 1.807) is 12.1 Å². The van der Waals surface area contributed by atoms with Gasteiger partial charge in [-0.05, 0) is 49.1 Å². The summed E-state index contributed by atoms with van der Waals surface area (Å²) in [5, 5.41) is 0. The van der Waals surface area contributed by atoms with E-state index in [1.165, 1.54) is 0 Å². The number of aryl methyl sites for hydroxylation is 1. The molecule has 22 heavy (non-hydrogen) atoms. The van der Waals surface area contributed by atoms with E-state index < -0.39 is 10.0 Å². The zero-order valence-corrected chi connectivity index (χ0v) is 14.7. The first-order chi connectivity index (χ1) is 10.2. The van der Waals surface area contributed by atoms with Gasteiger partial charge in [-0.25, -0.2) is 13.1 Å². The average molecular weight is 320 g/mol. The van der Waals surface area contributed by atoms with Gasteiger partial charge in [-0.3, -0.25) is 0 Å². The van der Waals surface area contributed by atoms with Crippen molar-refractivity contribution in [2.45, 2.75) is 45.1 Å². The number of rotatable bonds is 5. The van der Waals surface area contributed by atoms with Crippen LogP contribution in [0.5, 0.6) is 0 Å². The maximum Gasteiger partial charge on any atom is 0.240 e. The fourth-order valence-corrected chi connectivity index (χ4v) is 3.41. The monoisotopic (exact) mass is 320 g/mol. The summed E-state index contributed by atoms with van der Waals surface area (Å²) in [6.45, 7) is 8.48. The van der Waals surface area contributed by atoms with Crippen LogP contribution in [0.15, 0.2) is 35.2 Å². The number of nitrogens with zero attached hydrogens (tertiary/aromatic N) is 1. The van der Waals surface area contributed by atoms with Gasteiger partial charge in [-0.1, -0.05) is 26.0 Å². The second-order valence-corrected chi connectivity index (χ2v) is 7.77. The van der Waals surface area contributed by atoms with Crippen molar-refractivity contribution in [3.05, 3.63) is 52.8 Å². The van der Waals surface area contributed by atoms with Crippen LogP contribution in [-0.2, 0) is 23.6 Å². The molecule has 0 atom stereocenters. The summed E-state index contributed by atoms with van der Waals surface area (Å²) in [6, 6.07) is 9.09. The molecular formula is C17H24N2O2S. The predicted octanol–water partition coefficient (Wildman–Crippen LogP) is 3.24. The summed E-state index contributed by atoms with van der Waals surface area (Å²) in [5.41, 5.74) is 4.33. The Kier molecular flexibility index (Phi) is 4.78. The Hall–Kier alpha value is -1.59. The number of sulfonamides is 1. The Morgan fingerprint density at radius 1 is 1.14 bits per heavy atom. The van der Waals surface area contributed by atoms with Gasteiger partial charge in [0.25, 0.3) is 0 Å². The summed E-state index contributed by atoms with van der Waals surface area (Å²) in [5.74, 6) is 0.389. The van der Waals surface area contributed by atoms with Crippen molar-refractivity contribution in [1.29, 1.82) is 0 Å². The predicted molar refractivity (Wildman–Crippen MR) is 89.4 cm³/mol. The number of hydrogen-bond donors (Lipinski definition) is 1. The van der Waals surface area contributed by atoms with Crippen LogP contribution >= 0.6 is 0 Å². The van der Waals surface area contributed by atoms with E-state index in [9.17, 15) is 8.42 Å². The highest BCUT2D eigenvalue weighted by Crippen LogP contribution is 2.18. The fourth-order valence-electron chi connectivity index (χ4n) is 2.40. The number of aromatic nitrogens is 1. The molecule has 1 N–H and O–H groups in total. The molecule has 0 spiro atoms. The molecule has 1 aromatic carbocycles. The molecule has 0 aliphatic carbocycles. The highest BCUT2D eigenvalue weighted by atomic mass is 32.2. The van der Waals surface area contributed by atoms with Crippen molar-refractivity contribution in [1.82, 2.24) is 9.29 Å². The fraction of sp³-hybridized carbons (Fsp3) is 0.412. The molecule has 1 aromatic heterocycles. The molecule has 2 rings (SSSR count). The largest absolute Gasteiger partial charge is 0.352 e. The third-order valence-corrected chi connectivity index (χ3v) is 5.61. The van der Waals surface area contributed by atoms with Gasteiger partial charge >= 0.3 is 0 Å². The van der Waals surface area contributed by atoms with Crippen LogP contribution in [0.25, 0.3) is 0 Å². The third kappa shape index (κ3) is 3.42. The normalized spacial score (nSPS) is 12.1. The van der Waals surface area contributed by atoms with Crippen molar-refractivity contribution in [3.63, 3.8) is 0 Å². The Balaban J connectivity index is 2.15. The van der Waals surface area contributed by atoms with Gasteiger partial charge < -0.3 is 4.57 Å². The summed E-state index contributed by atoms with van der Waals surface area (Å²) in [6.07, 6.45) is 0. The summed E-state index contributed by atoms with van der Waals surface area (Å²) < 4.78 is 29.5. The molecule has 4 nitrogen and oxygen atoms in total. The molecule has 0 bridgehead atoms. The second kappa shape index (κ2) is 6.26. The van der Waals surface area contributed by atoms with E-state index in [1.807, 2.05) is 39.1 Å². The van der Waals surface area contributed by atoms with Crippen LogP contribution in [0.1, 0.15) is 42.3 Å². The van der Waals surface area contributed by atoms with Crippen LogP contribution in [-0.4, -0.2) is 13.0 Å². The first-order valence-electron chi connectivity index (χ1n) is 7.44. The first kappa shape index (κ1) is 16.8. The Morgan fingerprint density at radius 3 is 2.18 bits per heavy atom. The second-order valence-electron chi connectivity index (χ2n) is 6.00.